The number of carbonyl (C=O) groups excluding carboxylic acids is 5. The lowest BCUT2D eigenvalue weighted by Crippen LogP contribution is -2.57. The first-order chi connectivity index (χ1) is 20.6. The summed E-state index contributed by atoms with van der Waals surface area (Å²) in [6.07, 6.45) is 0. The standard InChI is InChI=1S/C34H37N2O7P/c1-33(2,3)42-30(39)26(36-29(38)28(37)35(7)32(36)41)27(31(40)43-34(4,5)6)44(23-17-11-8-12-18-23,24-19-13-9-14-20-24)25-21-15-10-16-22-25/h8-22,26H,1-7H3. The third kappa shape index (κ3) is 6.24. The van der Waals surface area contributed by atoms with Gasteiger partial charge in [0.2, 0.25) is 0 Å². The number of hydrogen-bond donors (Lipinski definition) is 0. The van der Waals surface area contributed by atoms with Crippen LogP contribution in [0.4, 0.5) is 4.79 Å². The van der Waals surface area contributed by atoms with E-state index in [0.29, 0.717) is 25.7 Å². The lowest BCUT2D eigenvalue weighted by Gasteiger charge is -2.37. The van der Waals surface area contributed by atoms with Crippen molar-refractivity contribution in [3.63, 3.8) is 0 Å². The van der Waals surface area contributed by atoms with Crippen molar-refractivity contribution in [3.8, 4) is 0 Å². The van der Waals surface area contributed by atoms with Crippen LogP contribution in [-0.4, -0.2) is 69.2 Å². The monoisotopic (exact) mass is 616 g/mol. The predicted molar refractivity (Wildman–Crippen MR) is 171 cm³/mol. The summed E-state index contributed by atoms with van der Waals surface area (Å²) < 4.78 is 11.8. The Balaban J connectivity index is 2.34. The summed E-state index contributed by atoms with van der Waals surface area (Å²) in [5.41, 5.74) is -2.12. The van der Waals surface area contributed by atoms with Crippen LogP contribution in [0.15, 0.2) is 91.0 Å². The molecule has 10 heteroatoms. The minimum Gasteiger partial charge on any atom is -0.458 e. The fraction of sp³-hybridized carbons (Fsp3) is 0.294. The number of amides is 4. The molecule has 0 bridgehead atoms. The first kappa shape index (κ1) is 32.4. The minimum absolute atomic E-state index is 0.171. The van der Waals surface area contributed by atoms with E-state index in [9.17, 15) is 24.0 Å². The average Bonchev–Trinajstić information content (AvgIpc) is 3.15. The van der Waals surface area contributed by atoms with Gasteiger partial charge in [0, 0.05) is 7.05 Å². The Morgan fingerprint density at radius 1 is 0.636 bits per heavy atom. The molecule has 1 heterocycles. The summed E-state index contributed by atoms with van der Waals surface area (Å²) in [7, 11) is 1.15. The molecule has 3 aromatic carbocycles. The molecule has 230 valence electrons. The van der Waals surface area contributed by atoms with Crippen LogP contribution < -0.4 is 15.9 Å². The Morgan fingerprint density at radius 2 is 1.02 bits per heavy atom. The molecule has 1 aliphatic heterocycles. The van der Waals surface area contributed by atoms with E-state index in [-0.39, 0.29) is 5.29 Å². The fourth-order valence-corrected chi connectivity index (χ4v) is 9.58. The molecule has 0 aromatic heterocycles. The van der Waals surface area contributed by atoms with E-state index in [4.69, 9.17) is 9.47 Å². The number of benzene rings is 3. The highest BCUT2D eigenvalue weighted by molar-refractivity contribution is 7.96. The zero-order valence-corrected chi connectivity index (χ0v) is 26.8. The number of urea groups is 1. The average molecular weight is 617 g/mol. The zero-order valence-electron chi connectivity index (χ0n) is 25.9. The molecule has 1 saturated heterocycles. The van der Waals surface area contributed by atoms with Crippen LogP contribution in [0.5, 0.6) is 0 Å². The van der Waals surface area contributed by atoms with Crippen LogP contribution >= 0.6 is 6.89 Å². The van der Waals surface area contributed by atoms with Crippen LogP contribution in [0.2, 0.25) is 0 Å². The van der Waals surface area contributed by atoms with E-state index < -0.39 is 53.9 Å². The molecule has 3 aromatic rings. The van der Waals surface area contributed by atoms with Crippen molar-refractivity contribution in [2.45, 2.75) is 58.8 Å². The summed E-state index contributed by atoms with van der Waals surface area (Å²) in [6.45, 7) is 6.49. The van der Waals surface area contributed by atoms with Gasteiger partial charge in [-0.25, -0.2) is 19.3 Å². The molecule has 0 aliphatic carbocycles. The molecule has 0 radical (unpaired) electrons. The molecule has 0 N–H and O–H groups in total. The van der Waals surface area contributed by atoms with Crippen LogP contribution in [0, 0.1) is 0 Å². The Labute approximate surface area is 257 Å². The molecule has 44 heavy (non-hydrogen) atoms. The molecule has 1 unspecified atom stereocenters. The molecule has 4 amide bonds. The van der Waals surface area contributed by atoms with Gasteiger partial charge in [0.15, 0.2) is 6.04 Å². The predicted octanol–water partition coefficient (Wildman–Crippen LogP) is 3.63. The maximum atomic E-state index is 14.8. The van der Waals surface area contributed by atoms with Crippen LogP contribution in [0.25, 0.3) is 0 Å². The van der Waals surface area contributed by atoms with Crippen LogP contribution in [0.1, 0.15) is 41.5 Å². The maximum absolute atomic E-state index is 14.8. The molecule has 4 rings (SSSR count). The number of esters is 2. The van der Waals surface area contributed by atoms with Gasteiger partial charge in [-0.1, -0.05) is 91.0 Å². The molecule has 1 fully saturated rings. The molecule has 9 nitrogen and oxygen atoms in total. The topological polar surface area (TPSA) is 110 Å². The second kappa shape index (κ2) is 12.2. The van der Waals surface area contributed by atoms with Crippen molar-refractivity contribution in [2.24, 2.45) is 0 Å². The lowest BCUT2D eigenvalue weighted by atomic mass is 10.1. The maximum Gasteiger partial charge on any atom is 0.338 e. The summed E-state index contributed by atoms with van der Waals surface area (Å²) in [6, 6.07) is 24.4. The van der Waals surface area contributed by atoms with Gasteiger partial charge in [0.1, 0.15) is 11.2 Å². The van der Waals surface area contributed by atoms with E-state index in [1.165, 1.54) is 0 Å². The molecule has 0 saturated carbocycles. The smallest absolute Gasteiger partial charge is 0.338 e. The lowest BCUT2D eigenvalue weighted by molar-refractivity contribution is -0.161. The highest BCUT2D eigenvalue weighted by atomic mass is 31.2. The van der Waals surface area contributed by atoms with Crippen molar-refractivity contribution in [2.75, 3.05) is 7.05 Å². The van der Waals surface area contributed by atoms with E-state index in [1.54, 1.807) is 41.5 Å². The van der Waals surface area contributed by atoms with Crippen molar-refractivity contribution in [1.29, 1.82) is 0 Å². The van der Waals surface area contributed by atoms with Gasteiger partial charge in [-0.3, -0.25) is 14.5 Å². The SMILES string of the molecule is CN1C(=O)C(=O)N(C(C(=O)OC(C)(C)C)C(C(=O)OC(C)(C)C)=P(c2ccccc2)(c2ccccc2)c2ccccc2)C1=O. The summed E-state index contributed by atoms with van der Waals surface area (Å²) in [4.78, 5) is 70.4. The van der Waals surface area contributed by atoms with Gasteiger partial charge < -0.3 is 9.47 Å². The van der Waals surface area contributed by atoms with Gasteiger partial charge in [-0.05, 0) is 64.3 Å². The summed E-state index contributed by atoms with van der Waals surface area (Å²) in [5, 5.41) is 1.80. The van der Waals surface area contributed by atoms with Gasteiger partial charge in [-0.2, -0.15) is 0 Å². The highest BCUT2D eigenvalue weighted by Gasteiger charge is 2.54. The second-order valence-corrected chi connectivity index (χ2v) is 15.7. The van der Waals surface area contributed by atoms with Gasteiger partial charge >= 0.3 is 29.8 Å². The Morgan fingerprint density at radius 3 is 1.34 bits per heavy atom. The third-order valence-corrected chi connectivity index (χ3v) is 11.1. The van der Waals surface area contributed by atoms with Crippen molar-refractivity contribution < 1.29 is 33.4 Å². The number of likely N-dealkylation sites (N-methyl/N-ethyl adjacent to an activating group) is 1. The molecule has 1 atom stereocenters. The Kier molecular flexibility index (Phi) is 9.03. The summed E-state index contributed by atoms with van der Waals surface area (Å²) in [5.74, 6) is -4.33. The van der Waals surface area contributed by atoms with Gasteiger partial charge in [0.25, 0.3) is 0 Å². The van der Waals surface area contributed by atoms with E-state index in [0.717, 1.165) is 7.05 Å². The number of carbonyl (C=O) groups is 5. The number of hydrogen-bond acceptors (Lipinski definition) is 7. The van der Waals surface area contributed by atoms with E-state index in [1.807, 2.05) is 91.0 Å². The molecular formula is C34H37N2O7P. The van der Waals surface area contributed by atoms with Crippen LogP contribution in [-0.2, 0) is 28.7 Å². The number of imide groups is 2. The third-order valence-electron chi connectivity index (χ3n) is 6.75. The quantitative estimate of drug-likeness (QED) is 0.173. The fourth-order valence-electron chi connectivity index (χ4n) is 5.09. The molecular weight excluding hydrogens is 579 g/mol. The molecule has 1 aliphatic rings. The number of ether oxygens (including phenoxy) is 2. The first-order valence-electron chi connectivity index (χ1n) is 14.1. The largest absolute Gasteiger partial charge is 0.458 e. The first-order valence-corrected chi connectivity index (χ1v) is 15.9. The van der Waals surface area contributed by atoms with E-state index in [2.05, 4.69) is 0 Å². The van der Waals surface area contributed by atoms with Gasteiger partial charge in [-0.15, -0.1) is 0 Å². The Bertz CT molecular complexity index is 1540. The number of rotatable bonds is 7. The molecule has 0 spiro atoms. The normalized spacial score (nSPS) is 14.8. The van der Waals surface area contributed by atoms with Crippen molar-refractivity contribution in [1.82, 2.24) is 9.80 Å². The second-order valence-electron chi connectivity index (χ2n) is 12.3. The Hall–Kier alpha value is -4.49. The van der Waals surface area contributed by atoms with Gasteiger partial charge in [0.05, 0.1) is 5.29 Å². The summed E-state index contributed by atoms with van der Waals surface area (Å²) >= 11 is 0. The van der Waals surface area contributed by atoms with E-state index >= 15 is 0 Å². The highest BCUT2D eigenvalue weighted by Crippen LogP contribution is 2.48. The van der Waals surface area contributed by atoms with Crippen molar-refractivity contribution in [3.05, 3.63) is 91.0 Å². The van der Waals surface area contributed by atoms with Crippen LogP contribution in [0.3, 0.4) is 0 Å². The minimum atomic E-state index is -3.46. The zero-order chi connectivity index (χ0) is 32.4. The van der Waals surface area contributed by atoms with Crippen molar-refractivity contribution >= 4 is 57.9 Å². The number of nitrogens with zero attached hydrogens (tertiary/aromatic N) is 2.